The van der Waals surface area contributed by atoms with Crippen molar-refractivity contribution in [3.63, 3.8) is 0 Å². The van der Waals surface area contributed by atoms with E-state index in [0.29, 0.717) is 27.6 Å². The Morgan fingerprint density at radius 1 is 1.26 bits per heavy atom. The maximum atomic E-state index is 12.2. The Labute approximate surface area is 159 Å². The van der Waals surface area contributed by atoms with Crippen LogP contribution in [0.5, 0.6) is 0 Å². The summed E-state index contributed by atoms with van der Waals surface area (Å²) in [5.74, 6) is -1.13. The van der Waals surface area contributed by atoms with E-state index in [0.717, 1.165) is 11.8 Å². The molecule has 0 spiro atoms. The van der Waals surface area contributed by atoms with Crippen LogP contribution in [0.1, 0.15) is 12.5 Å². The average Bonchev–Trinajstić information content (AvgIpc) is 3.09. The minimum atomic E-state index is -1.01. The Bertz CT molecular complexity index is 992. The summed E-state index contributed by atoms with van der Waals surface area (Å²) in [4.78, 5) is 28.4. The van der Waals surface area contributed by atoms with Gasteiger partial charge in [0.2, 0.25) is 0 Å². The van der Waals surface area contributed by atoms with Crippen molar-refractivity contribution in [2.75, 3.05) is 11.1 Å². The van der Waals surface area contributed by atoms with Gasteiger partial charge in [-0.2, -0.15) is 5.26 Å². The second-order valence-electron chi connectivity index (χ2n) is 5.51. The van der Waals surface area contributed by atoms with E-state index in [2.05, 4.69) is 10.3 Å². The van der Waals surface area contributed by atoms with Gasteiger partial charge in [-0.15, -0.1) is 0 Å². The van der Waals surface area contributed by atoms with Crippen molar-refractivity contribution >= 4 is 40.4 Å². The molecule has 1 unspecified atom stereocenters. The van der Waals surface area contributed by atoms with Crippen molar-refractivity contribution in [2.24, 2.45) is 0 Å². The summed E-state index contributed by atoms with van der Waals surface area (Å²) in [7, 11) is 0. The predicted octanol–water partition coefficient (Wildman–Crippen LogP) is 3.36. The molecule has 0 fully saturated rings. The average molecular weight is 381 g/mol. The van der Waals surface area contributed by atoms with Crippen LogP contribution in [0.15, 0.2) is 58.2 Å². The first-order chi connectivity index (χ1) is 13.1. The number of anilines is 1. The van der Waals surface area contributed by atoms with Gasteiger partial charge in [0.15, 0.2) is 11.7 Å². The zero-order valence-corrected chi connectivity index (χ0v) is 15.2. The normalized spacial score (nSPS) is 11.6. The van der Waals surface area contributed by atoms with Gasteiger partial charge in [-0.25, -0.2) is 4.98 Å². The molecule has 7 nitrogen and oxygen atoms in total. The molecule has 0 aliphatic rings. The number of ether oxygens (including phenoxy) is 1. The fourth-order valence-corrected chi connectivity index (χ4v) is 2.86. The lowest BCUT2D eigenvalue weighted by atomic mass is 10.2. The number of rotatable bonds is 6. The van der Waals surface area contributed by atoms with Gasteiger partial charge in [-0.05, 0) is 31.2 Å². The van der Waals surface area contributed by atoms with Gasteiger partial charge in [-0.1, -0.05) is 36.0 Å². The quantitative estimate of drug-likeness (QED) is 0.515. The number of carbonyl (C=O) groups is 2. The lowest BCUT2D eigenvalue weighted by Crippen LogP contribution is -2.30. The first kappa shape index (κ1) is 18.5. The molecule has 1 atom stereocenters. The van der Waals surface area contributed by atoms with Gasteiger partial charge in [0.25, 0.3) is 11.1 Å². The van der Waals surface area contributed by atoms with E-state index in [1.165, 1.54) is 6.92 Å². The number of thioether (sulfide) groups is 1. The molecular weight excluding hydrogens is 366 g/mol. The number of carbonyl (C=O) groups excluding carboxylic acids is 2. The van der Waals surface area contributed by atoms with Crippen LogP contribution in [0.3, 0.4) is 0 Å². The molecule has 1 amide bonds. The van der Waals surface area contributed by atoms with Crippen LogP contribution in [0.25, 0.3) is 11.1 Å². The highest BCUT2D eigenvalue weighted by molar-refractivity contribution is 7.99. The summed E-state index contributed by atoms with van der Waals surface area (Å²) in [6.07, 6.45) is -1.01. The monoisotopic (exact) mass is 381 g/mol. The molecule has 2 aromatic carbocycles. The van der Waals surface area contributed by atoms with Gasteiger partial charge in [-0.3, -0.25) is 9.59 Å². The van der Waals surface area contributed by atoms with E-state index >= 15 is 0 Å². The lowest BCUT2D eigenvalue weighted by molar-refractivity contribution is -0.150. The second kappa shape index (κ2) is 8.38. The van der Waals surface area contributed by atoms with E-state index in [4.69, 9.17) is 14.4 Å². The molecule has 8 heteroatoms. The number of oxazole rings is 1. The van der Waals surface area contributed by atoms with Gasteiger partial charge >= 0.3 is 5.97 Å². The molecule has 0 aliphatic heterocycles. The molecule has 1 N–H and O–H groups in total. The van der Waals surface area contributed by atoms with Gasteiger partial charge in [0.05, 0.1) is 11.3 Å². The van der Waals surface area contributed by atoms with Crippen LogP contribution in [0.4, 0.5) is 5.69 Å². The summed E-state index contributed by atoms with van der Waals surface area (Å²) in [5.41, 5.74) is 2.04. The Morgan fingerprint density at radius 3 is 2.78 bits per heavy atom. The first-order valence-electron chi connectivity index (χ1n) is 8.04. The fraction of sp³-hybridized carbons (Fsp3) is 0.158. The number of hydrogen-bond acceptors (Lipinski definition) is 7. The van der Waals surface area contributed by atoms with Crippen LogP contribution >= 0.6 is 11.8 Å². The summed E-state index contributed by atoms with van der Waals surface area (Å²) in [6.45, 7) is 1.46. The number of aromatic nitrogens is 1. The molecule has 136 valence electrons. The third kappa shape index (κ3) is 4.65. The molecule has 1 aromatic heterocycles. The highest BCUT2D eigenvalue weighted by Gasteiger charge is 2.19. The molecule has 27 heavy (non-hydrogen) atoms. The van der Waals surface area contributed by atoms with Gasteiger partial charge in [0, 0.05) is 0 Å². The van der Waals surface area contributed by atoms with Crippen LogP contribution in [0.2, 0.25) is 0 Å². The fourth-order valence-electron chi connectivity index (χ4n) is 2.24. The topological polar surface area (TPSA) is 105 Å². The molecule has 3 rings (SSSR count). The van der Waals surface area contributed by atoms with Crippen molar-refractivity contribution < 1.29 is 18.7 Å². The van der Waals surface area contributed by atoms with Crippen molar-refractivity contribution in [1.29, 1.82) is 5.26 Å². The van der Waals surface area contributed by atoms with Gasteiger partial charge in [0.1, 0.15) is 17.3 Å². The summed E-state index contributed by atoms with van der Waals surface area (Å²) >= 11 is 1.09. The molecular formula is C19H15N3O4S. The van der Waals surface area contributed by atoms with E-state index < -0.39 is 18.0 Å². The van der Waals surface area contributed by atoms with Crippen molar-refractivity contribution in [2.45, 2.75) is 18.3 Å². The SMILES string of the molecule is CC(OC(=O)CSc1nc2ccccc2o1)C(=O)Nc1ccccc1C#N. The number of para-hydroxylation sites is 3. The third-order valence-corrected chi connectivity index (χ3v) is 4.37. The molecule has 0 bridgehead atoms. The van der Waals surface area contributed by atoms with Crippen LogP contribution in [-0.4, -0.2) is 28.7 Å². The number of esters is 1. The Kier molecular flexibility index (Phi) is 5.74. The highest BCUT2D eigenvalue weighted by atomic mass is 32.2. The van der Waals surface area contributed by atoms with E-state index in [9.17, 15) is 9.59 Å². The van der Waals surface area contributed by atoms with Crippen LogP contribution in [0, 0.1) is 11.3 Å². The Morgan fingerprint density at radius 2 is 2.00 bits per heavy atom. The zero-order valence-electron chi connectivity index (χ0n) is 14.3. The molecule has 1 heterocycles. The third-order valence-electron chi connectivity index (χ3n) is 3.57. The first-order valence-corrected chi connectivity index (χ1v) is 9.03. The number of fused-ring (bicyclic) bond motifs is 1. The molecule has 3 aromatic rings. The van der Waals surface area contributed by atoms with Crippen LogP contribution in [-0.2, 0) is 14.3 Å². The highest BCUT2D eigenvalue weighted by Crippen LogP contribution is 2.23. The second-order valence-corrected chi connectivity index (χ2v) is 6.44. The largest absolute Gasteiger partial charge is 0.452 e. The molecule has 0 saturated heterocycles. The van der Waals surface area contributed by atoms with Gasteiger partial charge < -0.3 is 14.5 Å². The summed E-state index contributed by atoms with van der Waals surface area (Å²) in [6, 6.07) is 15.9. The number of benzene rings is 2. The summed E-state index contributed by atoms with van der Waals surface area (Å²) < 4.78 is 10.6. The van der Waals surface area contributed by atoms with E-state index in [-0.39, 0.29) is 5.75 Å². The van der Waals surface area contributed by atoms with Crippen molar-refractivity contribution in [1.82, 2.24) is 4.98 Å². The standard InChI is InChI=1S/C19H15N3O4S/c1-12(18(24)21-14-7-3-2-6-13(14)10-20)25-17(23)11-27-19-22-15-8-4-5-9-16(15)26-19/h2-9,12H,11H2,1H3,(H,21,24). The number of nitrogens with one attached hydrogen (secondary N) is 1. The Balaban J connectivity index is 1.52. The van der Waals surface area contributed by atoms with Crippen molar-refractivity contribution in [3.8, 4) is 6.07 Å². The van der Waals surface area contributed by atoms with Crippen molar-refractivity contribution in [3.05, 3.63) is 54.1 Å². The lowest BCUT2D eigenvalue weighted by Gasteiger charge is -2.13. The summed E-state index contributed by atoms with van der Waals surface area (Å²) in [5, 5.41) is 12.0. The van der Waals surface area contributed by atoms with E-state index in [1.54, 1.807) is 30.3 Å². The molecule has 0 radical (unpaired) electrons. The number of hydrogen-bond donors (Lipinski definition) is 1. The minimum Gasteiger partial charge on any atom is -0.452 e. The minimum absolute atomic E-state index is 0.0424. The maximum Gasteiger partial charge on any atom is 0.317 e. The van der Waals surface area contributed by atoms with Crippen LogP contribution < -0.4 is 5.32 Å². The molecule has 0 saturated carbocycles. The Hall–Kier alpha value is -3.31. The van der Waals surface area contributed by atoms with E-state index in [1.807, 2.05) is 24.3 Å². The predicted molar refractivity (Wildman–Crippen MR) is 100 cm³/mol. The number of nitriles is 1. The number of nitrogens with zero attached hydrogens (tertiary/aromatic N) is 2. The number of amides is 1. The maximum absolute atomic E-state index is 12.2. The smallest absolute Gasteiger partial charge is 0.317 e. The zero-order chi connectivity index (χ0) is 19.2. The molecule has 0 aliphatic carbocycles.